The predicted octanol–water partition coefficient (Wildman–Crippen LogP) is 5.01. The smallest absolute Gasteiger partial charge is 0.267 e. The van der Waals surface area contributed by atoms with Crippen LogP contribution in [0.3, 0.4) is 0 Å². The summed E-state index contributed by atoms with van der Waals surface area (Å²) in [4.78, 5) is 36.2. The maximum atomic E-state index is 13.0. The molecule has 0 heterocycles. The number of benzene rings is 2. The fourth-order valence-electron chi connectivity index (χ4n) is 2.52. The minimum atomic E-state index is -0.792. The Morgan fingerprint density at radius 1 is 1.00 bits per heavy atom. The molecular formula is C20H26Cl3N3O4. The maximum Gasteiger partial charge on any atom is 0.282 e. The first-order chi connectivity index (χ1) is 12.6. The lowest BCUT2D eigenvalue weighted by Gasteiger charge is -2.35. The first-order valence-electron chi connectivity index (χ1n) is 8.63. The molecule has 0 atom stereocenters. The van der Waals surface area contributed by atoms with Crippen LogP contribution in [0.2, 0.25) is 0 Å². The van der Waals surface area contributed by atoms with E-state index in [-0.39, 0.29) is 48.5 Å². The van der Waals surface area contributed by atoms with E-state index < -0.39 is 22.3 Å². The first-order valence-corrected chi connectivity index (χ1v) is 8.63. The van der Waals surface area contributed by atoms with Gasteiger partial charge in [0.2, 0.25) is 0 Å². The van der Waals surface area contributed by atoms with E-state index in [2.05, 4.69) is 5.43 Å². The van der Waals surface area contributed by atoms with Crippen LogP contribution in [0, 0.1) is 10.1 Å². The van der Waals surface area contributed by atoms with Crippen molar-refractivity contribution in [1.29, 1.82) is 0 Å². The third kappa shape index (κ3) is 7.16. The number of rotatable bonds is 4. The van der Waals surface area contributed by atoms with Gasteiger partial charge in [-0.25, -0.2) is 5.01 Å². The highest BCUT2D eigenvalue weighted by molar-refractivity contribution is 6.01. The number of carbonyl (C=O) groups excluding carboxylic acids is 2. The van der Waals surface area contributed by atoms with Crippen molar-refractivity contribution in [3.8, 4) is 0 Å². The van der Waals surface area contributed by atoms with Gasteiger partial charge in [0, 0.05) is 11.6 Å². The Balaban J connectivity index is 0. The molecule has 0 unspecified atom stereocenters. The average molecular weight is 479 g/mol. The number of nitrogens with one attached hydrogen (secondary N) is 1. The Morgan fingerprint density at radius 2 is 1.53 bits per heavy atom. The minimum Gasteiger partial charge on any atom is -0.267 e. The summed E-state index contributed by atoms with van der Waals surface area (Å²) < 4.78 is 0. The second kappa shape index (κ2) is 12.4. The molecule has 0 aromatic heterocycles. The summed E-state index contributed by atoms with van der Waals surface area (Å²) in [6.45, 7) is 7.22. The molecule has 10 heteroatoms. The molecule has 0 radical (unpaired) electrons. The predicted molar refractivity (Wildman–Crippen MR) is 124 cm³/mol. The molecule has 0 saturated carbocycles. The molecule has 0 fully saturated rings. The first kappa shape index (κ1) is 29.8. The number of nitro groups is 1. The van der Waals surface area contributed by atoms with Crippen molar-refractivity contribution in [2.75, 3.05) is 0 Å². The Bertz CT molecular complexity index is 868. The molecule has 2 amide bonds. The number of carbonyl (C=O) groups is 2. The molecule has 2 rings (SSSR count). The van der Waals surface area contributed by atoms with Crippen LogP contribution in [0.15, 0.2) is 48.5 Å². The van der Waals surface area contributed by atoms with E-state index >= 15 is 0 Å². The van der Waals surface area contributed by atoms with Crippen molar-refractivity contribution < 1.29 is 14.5 Å². The van der Waals surface area contributed by atoms with Gasteiger partial charge in [-0.2, -0.15) is 0 Å². The van der Waals surface area contributed by atoms with Crippen LogP contribution in [0.4, 0.5) is 5.69 Å². The van der Waals surface area contributed by atoms with Gasteiger partial charge in [-0.05, 0) is 51.0 Å². The number of hydrogen-bond donors (Lipinski definition) is 1. The fourth-order valence-corrected chi connectivity index (χ4v) is 2.52. The maximum absolute atomic E-state index is 13.0. The standard InChI is InChI=1S/C20H23N3O4.3ClH/c1-5-14-10-12-15(13-11-14)18(24)21-22(20(2,3)4)19(25)16-8-6-7-9-17(16)23(26)27;;;/h6-13H,5H2,1-4H3,(H,21,24);3*1H. The van der Waals surface area contributed by atoms with Gasteiger partial charge in [-0.3, -0.25) is 25.1 Å². The Labute approximate surface area is 194 Å². The number of hydrogen-bond acceptors (Lipinski definition) is 4. The summed E-state index contributed by atoms with van der Waals surface area (Å²) in [6.07, 6.45) is 0.853. The molecule has 30 heavy (non-hydrogen) atoms. The van der Waals surface area contributed by atoms with Crippen molar-refractivity contribution in [2.24, 2.45) is 0 Å². The molecule has 166 valence electrons. The van der Waals surface area contributed by atoms with E-state index in [0.717, 1.165) is 17.0 Å². The summed E-state index contributed by atoms with van der Waals surface area (Å²) in [6, 6.07) is 12.7. The highest BCUT2D eigenvalue weighted by Gasteiger charge is 2.33. The van der Waals surface area contributed by atoms with Crippen LogP contribution in [0.1, 0.15) is 54.0 Å². The number of nitro benzene ring substituents is 1. The Kier molecular flexibility index (Phi) is 12.3. The van der Waals surface area contributed by atoms with Gasteiger partial charge in [0.15, 0.2) is 0 Å². The molecule has 0 aliphatic carbocycles. The van der Waals surface area contributed by atoms with Crippen LogP contribution in [0.5, 0.6) is 0 Å². The minimum absolute atomic E-state index is 0. The van der Waals surface area contributed by atoms with E-state index in [4.69, 9.17) is 0 Å². The molecule has 0 aliphatic heterocycles. The summed E-state index contributed by atoms with van der Waals surface area (Å²) in [5.41, 5.74) is 2.91. The number of aryl methyl sites for hydroxylation is 1. The quantitative estimate of drug-likeness (QED) is 0.494. The van der Waals surface area contributed by atoms with Crippen LogP contribution in [-0.2, 0) is 6.42 Å². The molecule has 1 N–H and O–H groups in total. The zero-order valence-electron chi connectivity index (χ0n) is 17.1. The fraction of sp³-hybridized carbons (Fsp3) is 0.300. The third-order valence-corrected chi connectivity index (χ3v) is 4.04. The number of para-hydroxylation sites is 1. The lowest BCUT2D eigenvalue weighted by Crippen LogP contribution is -2.56. The highest BCUT2D eigenvalue weighted by Crippen LogP contribution is 2.23. The van der Waals surface area contributed by atoms with Crippen LogP contribution >= 0.6 is 37.2 Å². The van der Waals surface area contributed by atoms with Crippen molar-refractivity contribution in [3.63, 3.8) is 0 Å². The van der Waals surface area contributed by atoms with Crippen LogP contribution in [0.25, 0.3) is 0 Å². The molecule has 0 aliphatic rings. The summed E-state index contributed by atoms with van der Waals surface area (Å²) in [5.74, 6) is -1.10. The SMILES string of the molecule is CCc1ccc(C(=O)NN(C(=O)c2ccccc2[N+](=O)[O-])C(C)(C)C)cc1.Cl.Cl.Cl. The molecule has 0 spiro atoms. The molecule has 0 bridgehead atoms. The molecular weight excluding hydrogens is 453 g/mol. The van der Waals surface area contributed by atoms with Crippen molar-refractivity contribution in [3.05, 3.63) is 75.3 Å². The van der Waals surface area contributed by atoms with Gasteiger partial charge in [-0.15, -0.1) is 37.2 Å². The van der Waals surface area contributed by atoms with Crippen LogP contribution in [-0.4, -0.2) is 27.3 Å². The Hall–Kier alpha value is -2.35. The monoisotopic (exact) mass is 477 g/mol. The topological polar surface area (TPSA) is 92.6 Å². The highest BCUT2D eigenvalue weighted by atomic mass is 35.5. The number of nitrogens with zero attached hydrogens (tertiary/aromatic N) is 2. The normalized spacial score (nSPS) is 9.87. The van der Waals surface area contributed by atoms with Crippen LogP contribution < -0.4 is 5.43 Å². The van der Waals surface area contributed by atoms with Gasteiger partial charge in [0.25, 0.3) is 17.5 Å². The lowest BCUT2D eigenvalue weighted by molar-refractivity contribution is -0.385. The number of hydrazine groups is 1. The van der Waals surface area contributed by atoms with Gasteiger partial charge < -0.3 is 0 Å². The largest absolute Gasteiger partial charge is 0.282 e. The van der Waals surface area contributed by atoms with E-state index in [9.17, 15) is 19.7 Å². The van der Waals surface area contributed by atoms with E-state index in [1.807, 2.05) is 19.1 Å². The summed E-state index contributed by atoms with van der Waals surface area (Å²) >= 11 is 0. The Morgan fingerprint density at radius 3 is 2.00 bits per heavy atom. The van der Waals surface area contributed by atoms with E-state index in [1.165, 1.54) is 18.2 Å². The number of halogens is 3. The second-order valence-corrected chi connectivity index (χ2v) is 7.08. The average Bonchev–Trinajstić information content (AvgIpc) is 2.64. The molecule has 2 aromatic rings. The third-order valence-electron chi connectivity index (χ3n) is 4.04. The summed E-state index contributed by atoms with van der Waals surface area (Å²) in [5, 5.41) is 12.4. The lowest BCUT2D eigenvalue weighted by atomic mass is 10.1. The molecule has 0 saturated heterocycles. The van der Waals surface area contributed by atoms with E-state index in [1.54, 1.807) is 39.0 Å². The van der Waals surface area contributed by atoms with Crippen molar-refractivity contribution in [1.82, 2.24) is 10.4 Å². The van der Waals surface area contributed by atoms with Gasteiger partial charge in [0.05, 0.1) is 10.5 Å². The summed E-state index contributed by atoms with van der Waals surface area (Å²) in [7, 11) is 0. The van der Waals surface area contributed by atoms with Crippen molar-refractivity contribution >= 4 is 54.7 Å². The zero-order valence-corrected chi connectivity index (χ0v) is 19.5. The van der Waals surface area contributed by atoms with Gasteiger partial charge in [-0.1, -0.05) is 31.2 Å². The molecule has 7 nitrogen and oxygen atoms in total. The number of amides is 2. The van der Waals surface area contributed by atoms with Gasteiger partial charge >= 0.3 is 0 Å². The zero-order chi connectivity index (χ0) is 20.2. The second-order valence-electron chi connectivity index (χ2n) is 7.08. The van der Waals surface area contributed by atoms with Crippen molar-refractivity contribution in [2.45, 2.75) is 39.7 Å². The van der Waals surface area contributed by atoms with E-state index in [0.29, 0.717) is 5.56 Å². The molecule has 2 aromatic carbocycles. The van der Waals surface area contributed by atoms with Gasteiger partial charge in [0.1, 0.15) is 5.56 Å².